The highest BCUT2D eigenvalue weighted by atomic mass is 14.2. The van der Waals surface area contributed by atoms with Crippen LogP contribution in [-0.2, 0) is 0 Å². The Morgan fingerprint density at radius 1 is 0.375 bits per heavy atom. The fraction of sp³-hybridized carbons (Fsp3) is 0. The largest absolute Gasteiger partial charge is 0.0636 e. The molecular formula is C40H26. The van der Waals surface area contributed by atoms with Gasteiger partial charge in [0, 0.05) is 0 Å². The summed E-state index contributed by atoms with van der Waals surface area (Å²) in [5, 5.41) is 0.175. The molecule has 0 N–H and O–H groups in total. The molecule has 8 aromatic rings. The minimum atomic E-state index is -0.728. The summed E-state index contributed by atoms with van der Waals surface area (Å²) >= 11 is 0. The van der Waals surface area contributed by atoms with Crippen LogP contribution in [0.25, 0.3) is 76.5 Å². The maximum atomic E-state index is 9.40. The van der Waals surface area contributed by atoms with E-state index in [1.807, 2.05) is 42.5 Å². The molecule has 0 heteroatoms. The van der Waals surface area contributed by atoms with Crippen LogP contribution in [-0.4, -0.2) is 0 Å². The second-order valence-electron chi connectivity index (χ2n) is 9.36. The molecule has 0 saturated heterocycles. The van der Waals surface area contributed by atoms with Crippen molar-refractivity contribution in [1.82, 2.24) is 0 Å². The highest BCUT2D eigenvalue weighted by Gasteiger charge is 2.18. The standard InChI is InChI=1S/C40H26/c1-3-13-29-25-31(23-21-27(29)11-1)33-15-5-6-16-34(33)40-37-19-9-7-17-35(37)39(36-18-8-10-20-38(36)40)32-24-22-28-12-2-4-14-30(28)26-32/h1-26H/i2D,4D,7D,8D,9D,10D,12D,14D,17D,18D,19D,20D,22D,24D,26D. The van der Waals surface area contributed by atoms with E-state index in [4.69, 9.17) is 12.3 Å². The van der Waals surface area contributed by atoms with Gasteiger partial charge in [-0.15, -0.1) is 0 Å². The molecule has 0 aliphatic carbocycles. The molecule has 0 amide bonds. The van der Waals surface area contributed by atoms with E-state index in [0.717, 1.165) is 10.8 Å². The molecule has 0 aromatic heterocycles. The fourth-order valence-electron chi connectivity index (χ4n) is 5.36. The zero-order valence-corrected chi connectivity index (χ0v) is 20.9. The summed E-state index contributed by atoms with van der Waals surface area (Å²) in [7, 11) is 0. The molecule has 0 atom stereocenters. The smallest absolute Gasteiger partial charge is 0.0616 e. The molecule has 0 fully saturated rings. The topological polar surface area (TPSA) is 0 Å². The molecule has 8 rings (SSSR count). The maximum Gasteiger partial charge on any atom is 0.0636 e. The first-order chi connectivity index (χ1) is 26.1. The van der Waals surface area contributed by atoms with Crippen molar-refractivity contribution in [3.8, 4) is 33.4 Å². The number of hydrogen-bond acceptors (Lipinski definition) is 0. The molecule has 40 heavy (non-hydrogen) atoms. The van der Waals surface area contributed by atoms with Gasteiger partial charge < -0.3 is 0 Å². The molecule has 0 aliphatic heterocycles. The Kier molecular flexibility index (Phi) is 2.84. The molecule has 0 radical (unpaired) electrons. The number of hydrogen-bond donors (Lipinski definition) is 0. The van der Waals surface area contributed by atoms with Crippen LogP contribution in [0, 0.1) is 0 Å². The summed E-state index contributed by atoms with van der Waals surface area (Å²) in [5.41, 5.74) is 0.895. The van der Waals surface area contributed by atoms with Crippen molar-refractivity contribution in [2.24, 2.45) is 0 Å². The average Bonchev–Trinajstić information content (AvgIpc) is 3.19. The quantitative estimate of drug-likeness (QED) is 0.203. The van der Waals surface area contributed by atoms with Crippen LogP contribution in [0.4, 0.5) is 0 Å². The van der Waals surface area contributed by atoms with Gasteiger partial charge in [0.25, 0.3) is 0 Å². The second-order valence-corrected chi connectivity index (χ2v) is 9.36. The van der Waals surface area contributed by atoms with Gasteiger partial charge in [0.1, 0.15) is 0 Å². The fourth-order valence-corrected chi connectivity index (χ4v) is 5.36. The summed E-state index contributed by atoms with van der Waals surface area (Å²) in [4.78, 5) is 0. The Labute approximate surface area is 254 Å². The van der Waals surface area contributed by atoms with Crippen LogP contribution < -0.4 is 0 Å². The lowest BCUT2D eigenvalue weighted by molar-refractivity contribution is 1.62. The van der Waals surface area contributed by atoms with Crippen LogP contribution >= 0.6 is 0 Å². The Morgan fingerprint density at radius 3 is 1.68 bits per heavy atom. The monoisotopic (exact) mass is 521 g/mol. The van der Waals surface area contributed by atoms with Gasteiger partial charge >= 0.3 is 0 Å². The number of fused-ring (bicyclic) bond motifs is 4. The molecular weight excluding hydrogens is 480 g/mol. The molecule has 0 heterocycles. The zero-order valence-electron chi connectivity index (χ0n) is 35.9. The summed E-state index contributed by atoms with van der Waals surface area (Å²) in [6.07, 6.45) is 0. The van der Waals surface area contributed by atoms with Crippen LogP contribution in [0.2, 0.25) is 0 Å². The van der Waals surface area contributed by atoms with Crippen molar-refractivity contribution in [2.75, 3.05) is 0 Å². The van der Waals surface area contributed by atoms with Gasteiger partial charge in [-0.25, -0.2) is 0 Å². The van der Waals surface area contributed by atoms with Crippen LogP contribution in [0.15, 0.2) is 157 Å². The van der Waals surface area contributed by atoms with Gasteiger partial charge in [-0.05, 0) is 88.6 Å². The average molecular weight is 522 g/mol. The second kappa shape index (κ2) is 9.22. The summed E-state index contributed by atoms with van der Waals surface area (Å²) in [6, 6.07) is 10.6. The summed E-state index contributed by atoms with van der Waals surface area (Å²) < 4.78 is 134. The number of benzene rings is 8. The lowest BCUT2D eigenvalue weighted by atomic mass is 9.83. The highest BCUT2D eigenvalue weighted by Crippen LogP contribution is 2.46. The lowest BCUT2D eigenvalue weighted by Crippen LogP contribution is -1.92. The summed E-state index contributed by atoms with van der Waals surface area (Å²) in [6.45, 7) is 0. The van der Waals surface area contributed by atoms with Gasteiger partial charge in [-0.3, -0.25) is 0 Å². The van der Waals surface area contributed by atoms with E-state index in [-0.39, 0.29) is 32.7 Å². The third-order valence-electron chi connectivity index (χ3n) is 7.13. The van der Waals surface area contributed by atoms with Crippen molar-refractivity contribution < 1.29 is 20.6 Å². The van der Waals surface area contributed by atoms with E-state index in [9.17, 15) is 8.22 Å². The van der Waals surface area contributed by atoms with Crippen LogP contribution in [0.5, 0.6) is 0 Å². The molecule has 0 saturated carbocycles. The van der Waals surface area contributed by atoms with Crippen LogP contribution in [0.1, 0.15) is 20.6 Å². The Bertz CT molecular complexity index is 2960. The normalized spacial score (nSPS) is 16.8. The van der Waals surface area contributed by atoms with Crippen molar-refractivity contribution in [2.45, 2.75) is 0 Å². The Balaban J connectivity index is 1.69. The molecule has 8 aromatic carbocycles. The van der Waals surface area contributed by atoms with E-state index in [2.05, 4.69) is 0 Å². The van der Waals surface area contributed by atoms with E-state index in [1.54, 1.807) is 24.3 Å². The lowest BCUT2D eigenvalue weighted by Gasteiger charge is -2.20. The van der Waals surface area contributed by atoms with Crippen LogP contribution in [0.3, 0.4) is 0 Å². The minimum Gasteiger partial charge on any atom is -0.0616 e. The number of rotatable bonds is 3. The molecule has 0 aliphatic rings. The molecule has 186 valence electrons. The highest BCUT2D eigenvalue weighted by molar-refractivity contribution is 6.22. The maximum absolute atomic E-state index is 9.40. The van der Waals surface area contributed by atoms with Crippen molar-refractivity contribution in [3.05, 3.63) is 157 Å². The van der Waals surface area contributed by atoms with Gasteiger partial charge in [-0.1, -0.05) is 145 Å². The first kappa shape index (κ1) is 12.3. The van der Waals surface area contributed by atoms with E-state index in [1.165, 1.54) is 0 Å². The summed E-state index contributed by atoms with van der Waals surface area (Å²) in [5.74, 6) is 0. The van der Waals surface area contributed by atoms with Crippen molar-refractivity contribution in [3.63, 3.8) is 0 Å². The predicted octanol–water partition coefficient (Wildman–Crippen LogP) is 11.3. The molecule has 0 nitrogen and oxygen atoms in total. The van der Waals surface area contributed by atoms with E-state index >= 15 is 0 Å². The predicted molar refractivity (Wildman–Crippen MR) is 173 cm³/mol. The van der Waals surface area contributed by atoms with Gasteiger partial charge in [-0.2, -0.15) is 0 Å². The van der Waals surface area contributed by atoms with Gasteiger partial charge in [0.15, 0.2) is 0 Å². The molecule has 0 spiro atoms. The Hall–Kier alpha value is -5.20. The first-order valence-electron chi connectivity index (χ1n) is 20.1. The third kappa shape index (κ3) is 3.61. The third-order valence-corrected chi connectivity index (χ3v) is 7.13. The van der Waals surface area contributed by atoms with Crippen molar-refractivity contribution in [1.29, 1.82) is 0 Å². The van der Waals surface area contributed by atoms with Gasteiger partial charge in [0.05, 0.1) is 20.6 Å². The molecule has 0 bridgehead atoms. The van der Waals surface area contributed by atoms with E-state index < -0.39 is 107 Å². The first-order valence-corrected chi connectivity index (χ1v) is 12.6. The zero-order chi connectivity index (χ0) is 39.5. The molecule has 0 unspecified atom stereocenters. The minimum absolute atomic E-state index is 0.0587. The Morgan fingerprint density at radius 2 is 0.950 bits per heavy atom. The SMILES string of the molecule is [2H]c1c([2H])c([2H])c2c([2H])c(-c3c4c([2H])c([2H])c([2H])c([2H])c4c(-c4ccccc4-c4ccc5ccccc5c4)c4c([2H])c([2H])c([2H])c([2H])c34)c([2H])c([2H])c2c1[2H]. The van der Waals surface area contributed by atoms with Crippen molar-refractivity contribution >= 4 is 43.1 Å². The van der Waals surface area contributed by atoms with Gasteiger partial charge in [0.2, 0.25) is 0 Å². The van der Waals surface area contributed by atoms with E-state index in [0.29, 0.717) is 16.7 Å².